The molecule has 1 aliphatic heterocycles. The van der Waals surface area contributed by atoms with Gasteiger partial charge in [0.05, 0.1) is 26.2 Å². The number of piperidine rings is 1. The van der Waals surface area contributed by atoms with E-state index in [1.807, 2.05) is 12.1 Å². The van der Waals surface area contributed by atoms with Gasteiger partial charge in [0, 0.05) is 38.8 Å². The Kier molecular flexibility index (Phi) is 6.20. The van der Waals surface area contributed by atoms with Crippen molar-refractivity contribution in [1.29, 1.82) is 0 Å². The molecule has 2 aliphatic rings. The summed E-state index contributed by atoms with van der Waals surface area (Å²) < 4.78 is 6.41. The molecule has 1 heterocycles. The van der Waals surface area contributed by atoms with Crippen LogP contribution in [0.4, 0.5) is 0 Å². The van der Waals surface area contributed by atoms with Crippen molar-refractivity contribution in [3.8, 4) is 5.75 Å². The number of nitrogens with zero attached hydrogens (tertiary/aromatic N) is 1. The lowest BCUT2D eigenvalue weighted by molar-refractivity contribution is -0.940. The second kappa shape index (κ2) is 8.40. The lowest BCUT2D eigenvalue weighted by atomic mass is 9.80. The van der Waals surface area contributed by atoms with Gasteiger partial charge in [-0.05, 0) is 36.5 Å². The Labute approximate surface area is 156 Å². The molecule has 26 heavy (non-hydrogen) atoms. The molecule has 1 aromatic rings. The van der Waals surface area contributed by atoms with Crippen molar-refractivity contribution in [2.45, 2.75) is 56.5 Å². The second-order valence-corrected chi connectivity index (χ2v) is 8.37. The molecule has 5 nitrogen and oxygen atoms in total. The van der Waals surface area contributed by atoms with E-state index in [1.54, 1.807) is 0 Å². The fourth-order valence-electron chi connectivity index (χ4n) is 4.83. The fourth-order valence-corrected chi connectivity index (χ4v) is 4.83. The maximum atomic E-state index is 10.6. The molecule has 1 aromatic carbocycles. The molecule has 0 aromatic heterocycles. The molecule has 144 valence electrons. The molecule has 1 saturated carbocycles. The van der Waals surface area contributed by atoms with Crippen molar-refractivity contribution < 1.29 is 19.1 Å². The number of ether oxygens (including phenoxy) is 1. The first-order valence-electron chi connectivity index (χ1n) is 9.95. The average molecular weight is 362 g/mol. The lowest BCUT2D eigenvalue weighted by Gasteiger charge is -2.48. The third kappa shape index (κ3) is 4.57. The van der Waals surface area contributed by atoms with Gasteiger partial charge in [0.15, 0.2) is 6.61 Å². The quantitative estimate of drug-likeness (QED) is 0.765. The summed E-state index contributed by atoms with van der Waals surface area (Å²) in [4.78, 5) is 10.6. The van der Waals surface area contributed by atoms with Gasteiger partial charge in [0.1, 0.15) is 5.75 Å². The molecule has 0 spiro atoms. The molecule has 2 fully saturated rings. The van der Waals surface area contributed by atoms with Crippen molar-refractivity contribution in [2.24, 2.45) is 0 Å². The highest BCUT2D eigenvalue weighted by Crippen LogP contribution is 2.38. The summed E-state index contributed by atoms with van der Waals surface area (Å²) in [6.07, 6.45) is 7.66. The van der Waals surface area contributed by atoms with Crippen LogP contribution in [0.25, 0.3) is 0 Å². The molecule has 3 rings (SSSR count). The summed E-state index contributed by atoms with van der Waals surface area (Å²) >= 11 is 0. The molecule has 0 atom stereocenters. The summed E-state index contributed by atoms with van der Waals surface area (Å²) in [5.41, 5.74) is 1.36. The van der Waals surface area contributed by atoms with Gasteiger partial charge in [-0.15, -0.1) is 0 Å². The standard InChI is InChI=1S/C21H32N2O3/c1-23(2,19-11-13-22-14-12-19)18-7-3-16(4-8-18)17-5-9-20(10-6-17)26-15-21(24)25/h5-6,9-10,16,18-19,22H,3-4,7-8,11-15H2,1-2H3/p+1/t16-,18-. The highest BCUT2D eigenvalue weighted by molar-refractivity contribution is 5.68. The number of carboxylic acid groups (broad SMARTS) is 1. The number of quaternary nitrogens is 1. The minimum atomic E-state index is -0.943. The van der Waals surface area contributed by atoms with E-state index in [9.17, 15) is 4.79 Å². The van der Waals surface area contributed by atoms with Gasteiger partial charge in [0.25, 0.3) is 0 Å². The Morgan fingerprint density at radius 2 is 1.62 bits per heavy atom. The Balaban J connectivity index is 1.53. The molecular weight excluding hydrogens is 328 g/mol. The zero-order valence-electron chi connectivity index (χ0n) is 16.1. The highest BCUT2D eigenvalue weighted by atomic mass is 16.5. The summed E-state index contributed by atoms with van der Waals surface area (Å²) in [6, 6.07) is 9.58. The van der Waals surface area contributed by atoms with Crippen LogP contribution in [0.5, 0.6) is 5.75 Å². The van der Waals surface area contributed by atoms with Crippen LogP contribution in [-0.2, 0) is 4.79 Å². The van der Waals surface area contributed by atoms with Gasteiger partial charge in [-0.3, -0.25) is 0 Å². The van der Waals surface area contributed by atoms with Gasteiger partial charge < -0.3 is 19.6 Å². The number of carbonyl (C=O) groups is 1. The Morgan fingerprint density at radius 1 is 1.04 bits per heavy atom. The number of carboxylic acids is 1. The Hall–Kier alpha value is -1.59. The van der Waals surface area contributed by atoms with Crippen LogP contribution in [0.1, 0.15) is 50.0 Å². The molecule has 1 saturated heterocycles. The number of hydrogen-bond acceptors (Lipinski definition) is 3. The van der Waals surface area contributed by atoms with Crippen LogP contribution in [0, 0.1) is 0 Å². The Morgan fingerprint density at radius 3 is 2.19 bits per heavy atom. The van der Waals surface area contributed by atoms with Crippen molar-refractivity contribution in [3.05, 3.63) is 29.8 Å². The van der Waals surface area contributed by atoms with Crippen LogP contribution in [0.3, 0.4) is 0 Å². The van der Waals surface area contributed by atoms with Gasteiger partial charge >= 0.3 is 5.97 Å². The van der Waals surface area contributed by atoms with Crippen molar-refractivity contribution >= 4 is 5.97 Å². The molecule has 0 amide bonds. The SMILES string of the molecule is C[N+](C)(C1CCNCC1)[C@H]1CC[C@H](c2ccc(OCC(=O)O)cc2)CC1. The lowest BCUT2D eigenvalue weighted by Crippen LogP contribution is -2.59. The van der Waals surface area contributed by atoms with E-state index >= 15 is 0 Å². The van der Waals surface area contributed by atoms with Crippen LogP contribution in [0.15, 0.2) is 24.3 Å². The third-order valence-corrected chi connectivity index (χ3v) is 6.60. The normalized spacial score (nSPS) is 25.0. The zero-order chi connectivity index (χ0) is 18.6. The molecule has 0 unspecified atom stereocenters. The first kappa shape index (κ1) is 19.2. The van der Waals surface area contributed by atoms with E-state index in [0.29, 0.717) is 11.7 Å². The number of hydrogen-bond donors (Lipinski definition) is 2. The molecular formula is C21H33N2O3+. The topological polar surface area (TPSA) is 58.6 Å². The summed E-state index contributed by atoms with van der Waals surface area (Å²) in [5, 5.41) is 12.2. The van der Waals surface area contributed by atoms with Gasteiger partial charge in [-0.1, -0.05) is 12.1 Å². The van der Waals surface area contributed by atoms with E-state index < -0.39 is 5.97 Å². The van der Waals surface area contributed by atoms with Crippen LogP contribution >= 0.6 is 0 Å². The van der Waals surface area contributed by atoms with Gasteiger partial charge in [0.2, 0.25) is 0 Å². The van der Waals surface area contributed by atoms with E-state index in [-0.39, 0.29) is 6.61 Å². The first-order valence-corrected chi connectivity index (χ1v) is 9.95. The molecule has 5 heteroatoms. The summed E-state index contributed by atoms with van der Waals surface area (Å²) in [5.74, 6) is 0.309. The van der Waals surface area contributed by atoms with Crippen LogP contribution in [0.2, 0.25) is 0 Å². The van der Waals surface area contributed by atoms with Crippen LogP contribution in [-0.4, -0.2) is 61.4 Å². The second-order valence-electron chi connectivity index (χ2n) is 8.37. The molecule has 0 bridgehead atoms. The van der Waals surface area contributed by atoms with Crippen molar-refractivity contribution in [1.82, 2.24) is 5.32 Å². The van der Waals surface area contributed by atoms with E-state index in [1.165, 1.54) is 48.6 Å². The van der Waals surface area contributed by atoms with Crippen molar-refractivity contribution in [3.63, 3.8) is 0 Å². The van der Waals surface area contributed by atoms with Crippen molar-refractivity contribution in [2.75, 3.05) is 33.8 Å². The van der Waals surface area contributed by atoms with Gasteiger partial charge in [-0.25, -0.2) is 4.79 Å². The highest BCUT2D eigenvalue weighted by Gasteiger charge is 2.39. The largest absolute Gasteiger partial charge is 0.482 e. The van der Waals surface area contributed by atoms with E-state index in [4.69, 9.17) is 9.84 Å². The summed E-state index contributed by atoms with van der Waals surface area (Å²) in [6.45, 7) is 2.05. The number of aliphatic carboxylic acids is 1. The minimum absolute atomic E-state index is 0.284. The number of nitrogens with one attached hydrogen (secondary N) is 1. The van der Waals surface area contributed by atoms with E-state index in [0.717, 1.165) is 25.2 Å². The van der Waals surface area contributed by atoms with E-state index in [2.05, 4.69) is 31.5 Å². The monoisotopic (exact) mass is 361 g/mol. The minimum Gasteiger partial charge on any atom is -0.482 e. The fraction of sp³-hybridized carbons (Fsp3) is 0.667. The zero-order valence-corrected chi connectivity index (χ0v) is 16.1. The molecule has 0 radical (unpaired) electrons. The van der Waals surface area contributed by atoms with Gasteiger partial charge in [-0.2, -0.15) is 0 Å². The first-order chi connectivity index (χ1) is 12.5. The Bertz CT molecular complexity index is 586. The average Bonchev–Trinajstić information content (AvgIpc) is 2.67. The predicted octanol–water partition coefficient (Wildman–Crippen LogP) is 3.00. The van der Waals surface area contributed by atoms with Crippen LogP contribution < -0.4 is 10.1 Å². The molecule has 1 aliphatic carbocycles. The maximum absolute atomic E-state index is 10.6. The third-order valence-electron chi connectivity index (χ3n) is 6.60. The maximum Gasteiger partial charge on any atom is 0.341 e. The number of rotatable bonds is 6. The predicted molar refractivity (Wildman–Crippen MR) is 103 cm³/mol. The smallest absolute Gasteiger partial charge is 0.341 e. The molecule has 2 N–H and O–H groups in total. The number of benzene rings is 1. The summed E-state index contributed by atoms with van der Waals surface area (Å²) in [7, 11) is 4.88.